The van der Waals surface area contributed by atoms with Gasteiger partial charge < -0.3 is 55.7 Å². The largest absolute Gasteiger partial charge is 0.490 e. The van der Waals surface area contributed by atoms with Crippen molar-refractivity contribution in [1.29, 1.82) is 0 Å². The number of nitrogens with two attached hydrogens (primary N) is 2. The fourth-order valence-electron chi connectivity index (χ4n) is 7.56. The zero-order chi connectivity index (χ0) is 39.8. The first-order chi connectivity index (χ1) is 25.6. The maximum atomic E-state index is 12.7. The predicted octanol–water partition coefficient (Wildman–Crippen LogP) is -3.69. The predicted molar refractivity (Wildman–Crippen MR) is 173 cm³/mol. The molecule has 300 valence electrons. The van der Waals surface area contributed by atoms with Crippen LogP contribution >= 0.6 is 23.5 Å². The quantitative estimate of drug-likeness (QED) is 0.0457. The highest BCUT2D eigenvalue weighted by Gasteiger charge is 2.93. The number of nitrogen functional groups attached to an aromatic ring is 2. The van der Waals surface area contributed by atoms with Crippen molar-refractivity contribution in [2.75, 3.05) is 31.8 Å². The first-order valence-corrected chi connectivity index (χ1v) is 20.3. The van der Waals surface area contributed by atoms with Crippen LogP contribution in [0.5, 0.6) is 0 Å². The van der Waals surface area contributed by atoms with Crippen molar-refractivity contribution in [3.8, 4) is 0 Å². The molecule has 28 nitrogen and oxygen atoms in total. The zero-order valence-corrected chi connectivity index (χ0v) is 30.6. The number of ether oxygens (including phenoxy) is 3. The molecule has 0 spiro atoms. The minimum atomic E-state index is -5.94. The topological polar surface area (TPSA) is 407 Å². The van der Waals surface area contributed by atoms with Crippen LogP contribution in [0.2, 0.25) is 0 Å². The van der Waals surface area contributed by atoms with Gasteiger partial charge in [-0.1, -0.05) is 4.98 Å². The molecule has 6 heterocycles. The molecular formula is C24H32N10O18P3+. The van der Waals surface area contributed by atoms with Crippen molar-refractivity contribution in [2.24, 2.45) is 24.8 Å². The van der Waals surface area contributed by atoms with Crippen LogP contribution < -0.4 is 27.2 Å². The molecule has 7 unspecified atom stereocenters. The smallest absolute Gasteiger partial charge is 0.387 e. The molecule has 2 aliphatic carbocycles. The summed E-state index contributed by atoms with van der Waals surface area (Å²) in [5, 5.41) is 32.3. The van der Waals surface area contributed by atoms with Gasteiger partial charge in [0.1, 0.15) is 24.4 Å². The number of aliphatic hydroxyl groups is 3. The molecule has 4 aromatic heterocycles. The molecule has 0 bridgehead atoms. The van der Waals surface area contributed by atoms with Gasteiger partial charge in [-0.2, -0.15) is 13.6 Å². The van der Waals surface area contributed by atoms with Crippen LogP contribution in [0.1, 0.15) is 12.3 Å². The van der Waals surface area contributed by atoms with Gasteiger partial charge >= 0.3 is 29.1 Å². The molecule has 4 fully saturated rings. The number of fused-ring (bicyclic) bond motifs is 5. The Morgan fingerprint density at radius 3 is 2.27 bits per heavy atom. The highest BCUT2D eigenvalue weighted by atomic mass is 31.3. The molecule has 0 aromatic carbocycles. The van der Waals surface area contributed by atoms with Gasteiger partial charge in [0.25, 0.3) is 17.1 Å². The summed E-state index contributed by atoms with van der Waals surface area (Å²) in [7, 11) is -14.3. The van der Waals surface area contributed by atoms with Crippen LogP contribution in [0.25, 0.3) is 22.3 Å². The second-order valence-electron chi connectivity index (χ2n) is 13.1. The summed E-state index contributed by atoms with van der Waals surface area (Å²) in [5.41, 5.74) is 10.0. The number of aromatic amines is 2. The van der Waals surface area contributed by atoms with E-state index in [1.54, 1.807) is 7.05 Å². The minimum Gasteiger partial charge on any atom is -0.387 e. The van der Waals surface area contributed by atoms with E-state index in [4.69, 9.17) is 30.2 Å². The molecular weight excluding hydrogens is 809 g/mol. The molecule has 0 amide bonds. The number of anilines is 2. The molecule has 4 aromatic rings. The highest BCUT2D eigenvalue weighted by molar-refractivity contribution is 7.66. The summed E-state index contributed by atoms with van der Waals surface area (Å²) in [6.07, 6.45) is -4.07. The lowest BCUT2D eigenvalue weighted by molar-refractivity contribution is -0.693. The Hall–Kier alpha value is -3.53. The fraction of sp³-hybridized carbons (Fsp3) is 0.583. The van der Waals surface area contributed by atoms with Crippen LogP contribution in [-0.4, -0.2) is 114 Å². The fourth-order valence-corrected chi connectivity index (χ4v) is 11.1. The molecule has 55 heavy (non-hydrogen) atoms. The Labute approximate surface area is 304 Å². The van der Waals surface area contributed by atoms with Gasteiger partial charge in [0.15, 0.2) is 29.5 Å². The lowest BCUT2D eigenvalue weighted by atomic mass is 10.1. The van der Waals surface area contributed by atoms with Gasteiger partial charge in [-0.05, 0) is 0 Å². The molecule has 4 aliphatic rings. The van der Waals surface area contributed by atoms with E-state index in [0.717, 1.165) is 10.9 Å². The summed E-state index contributed by atoms with van der Waals surface area (Å²) >= 11 is 0. The number of imidazole rings is 2. The minimum absolute atomic E-state index is 0.139. The number of phosphoric ester groups is 2. The normalized spacial score (nSPS) is 35.6. The standard InChI is InChI=1S/C24H31N10O18P3/c1-32-6-34(17-12(32)19(38)31-22(26)29-17)15-10-9-7(24(9,46-2)50-23(10,15)39)3-47-53(40,41)51-55(44,45)52-54(42,43)48-4-8-13(35)14(36)20(49-8)33-5-27-11-16(33)28-21(25)30-18(11)37/h5-10,13-15,20,35-36,39H,3-4H2,1-2H3,(H8-,25,26,28,29,30,31,37,38,40,41,42,43,44,45)/p+1/t7?,8-,9?,10+,13+,14?,15?,20-,23-,24-/m1/s1. The number of hydrogen-bond acceptors (Lipinski definition) is 20. The Balaban J connectivity index is 0.876. The van der Waals surface area contributed by atoms with Crippen LogP contribution in [0, 0.1) is 17.8 Å². The van der Waals surface area contributed by atoms with E-state index >= 15 is 0 Å². The number of aromatic nitrogens is 8. The molecule has 2 aliphatic heterocycles. The van der Waals surface area contributed by atoms with Gasteiger partial charge in [0, 0.05) is 18.9 Å². The first-order valence-electron chi connectivity index (χ1n) is 15.8. The lowest BCUT2D eigenvalue weighted by Gasteiger charge is -2.21. The van der Waals surface area contributed by atoms with Crippen molar-refractivity contribution >= 4 is 57.7 Å². The number of aryl methyl sites for hydroxylation is 1. The zero-order valence-electron chi connectivity index (χ0n) is 27.9. The van der Waals surface area contributed by atoms with Gasteiger partial charge in [-0.3, -0.25) is 37.7 Å². The Morgan fingerprint density at radius 1 is 0.964 bits per heavy atom. The molecule has 8 rings (SSSR count). The van der Waals surface area contributed by atoms with Crippen molar-refractivity contribution < 1.29 is 80.1 Å². The van der Waals surface area contributed by atoms with Crippen LogP contribution in [0.3, 0.4) is 0 Å². The van der Waals surface area contributed by atoms with Crippen LogP contribution in [0.15, 0.2) is 22.2 Å². The second kappa shape index (κ2) is 12.5. The third-order valence-electron chi connectivity index (χ3n) is 9.85. The monoisotopic (exact) mass is 841 g/mol. The van der Waals surface area contributed by atoms with Crippen molar-refractivity contribution in [3.05, 3.63) is 33.4 Å². The molecule has 13 atom stereocenters. The lowest BCUT2D eigenvalue weighted by Crippen LogP contribution is -2.41. The Bertz CT molecular complexity index is 2510. The maximum absolute atomic E-state index is 12.7. The van der Waals surface area contributed by atoms with Gasteiger partial charge in [0.2, 0.25) is 17.3 Å². The van der Waals surface area contributed by atoms with E-state index in [0.29, 0.717) is 0 Å². The molecule has 12 N–H and O–H groups in total. The van der Waals surface area contributed by atoms with E-state index in [1.165, 1.54) is 22.6 Å². The molecule has 31 heteroatoms. The summed E-state index contributed by atoms with van der Waals surface area (Å²) in [6, 6.07) is -0.803. The average Bonchev–Trinajstić information content (AvgIpc) is 3.46. The number of H-pyrrole nitrogens is 2. The van der Waals surface area contributed by atoms with Gasteiger partial charge in [0.05, 0.1) is 32.5 Å². The van der Waals surface area contributed by atoms with Crippen LogP contribution in [0.4, 0.5) is 11.9 Å². The number of nitrogens with zero attached hydrogens (tertiary/aromatic N) is 6. The Kier molecular flexibility index (Phi) is 8.70. The first kappa shape index (κ1) is 38.3. The number of methoxy groups -OCH3 is 1. The number of hydrogen-bond donors (Lipinski definition) is 10. The summed E-state index contributed by atoms with van der Waals surface area (Å²) in [5.74, 6) is -6.02. The molecule has 2 saturated carbocycles. The van der Waals surface area contributed by atoms with E-state index in [1.807, 2.05) is 0 Å². The van der Waals surface area contributed by atoms with Crippen molar-refractivity contribution in [2.45, 2.75) is 42.2 Å². The van der Waals surface area contributed by atoms with Crippen LogP contribution in [-0.2, 0) is 52.6 Å². The summed E-state index contributed by atoms with van der Waals surface area (Å²) < 4.78 is 76.5. The SMILES string of the molecule is CO[C@]12O[C@@]3(O)C([n+]4cn(C)c5c(=O)[nH]c(N)nc54)[C@@H]3C1C2COP(=O)(O)OP(=O)(O)OP(=O)(O)OC[C@H]1O[C@@H](n2cnc3c(=O)[nH]c(N)nc32)C(O)[C@H]1O. The summed E-state index contributed by atoms with van der Waals surface area (Å²) in [6.45, 7) is -1.78. The van der Waals surface area contributed by atoms with E-state index in [-0.39, 0.29) is 34.2 Å². The molecule has 0 radical (unpaired) electrons. The van der Waals surface area contributed by atoms with Crippen molar-refractivity contribution in [3.63, 3.8) is 0 Å². The van der Waals surface area contributed by atoms with Crippen molar-refractivity contribution in [1.82, 2.24) is 34.1 Å². The second-order valence-corrected chi connectivity index (χ2v) is 17.8. The Morgan fingerprint density at radius 2 is 1.60 bits per heavy atom. The van der Waals surface area contributed by atoms with Gasteiger partial charge in [-0.15, -0.1) is 0 Å². The molecule has 2 saturated heterocycles. The van der Waals surface area contributed by atoms with Gasteiger partial charge in [-0.25, -0.2) is 23.2 Å². The maximum Gasteiger partial charge on any atom is 0.490 e. The number of phosphoric acid groups is 3. The van der Waals surface area contributed by atoms with E-state index < -0.39 is 108 Å². The summed E-state index contributed by atoms with van der Waals surface area (Å²) in [4.78, 5) is 71.5. The number of aliphatic hydroxyl groups excluding tert-OH is 2. The van der Waals surface area contributed by atoms with E-state index in [2.05, 4.69) is 38.1 Å². The number of rotatable bonds is 13. The third kappa shape index (κ3) is 6.18. The highest BCUT2D eigenvalue weighted by Crippen LogP contribution is 2.79. The third-order valence-corrected chi connectivity index (χ3v) is 14.1. The van der Waals surface area contributed by atoms with E-state index in [9.17, 15) is 53.3 Å². The average molecular weight is 841 g/mol. The number of nitrogens with one attached hydrogen (secondary N) is 2.